The second kappa shape index (κ2) is 11.4. The van der Waals surface area contributed by atoms with Gasteiger partial charge in [0.1, 0.15) is 0 Å². The Bertz CT molecular complexity index is 1110. The number of ether oxygens (including phenoxy) is 3. The van der Waals surface area contributed by atoms with E-state index in [-0.39, 0.29) is 18.8 Å². The summed E-state index contributed by atoms with van der Waals surface area (Å²) in [7, 11) is 1.31. The first kappa shape index (κ1) is 25.6. The molecule has 2 heterocycles. The van der Waals surface area contributed by atoms with E-state index in [1.807, 2.05) is 19.9 Å². The molecule has 1 atom stereocenters. The highest BCUT2D eigenvalue weighted by atomic mass is 35.5. The van der Waals surface area contributed by atoms with Gasteiger partial charge < -0.3 is 24.1 Å². The first-order valence-corrected chi connectivity index (χ1v) is 11.6. The van der Waals surface area contributed by atoms with Crippen LogP contribution in [0.1, 0.15) is 36.7 Å². The van der Waals surface area contributed by atoms with Gasteiger partial charge in [0.25, 0.3) is 0 Å². The van der Waals surface area contributed by atoms with Gasteiger partial charge in [-0.25, -0.2) is 9.59 Å². The molecule has 2 aromatic rings. The van der Waals surface area contributed by atoms with Gasteiger partial charge >= 0.3 is 11.9 Å². The number of nitrogens with zero attached hydrogens (tertiary/aromatic N) is 1. The monoisotopic (exact) mass is 486 g/mol. The average Bonchev–Trinajstić information content (AvgIpc) is 3.13. The molecule has 34 heavy (non-hydrogen) atoms. The molecule has 0 radical (unpaired) electrons. The molecular weight excluding hydrogens is 456 g/mol. The Morgan fingerprint density at radius 1 is 1.03 bits per heavy atom. The first-order chi connectivity index (χ1) is 16.3. The summed E-state index contributed by atoms with van der Waals surface area (Å²) in [5, 5.41) is 3.62. The normalized spacial score (nSPS) is 15.9. The highest BCUT2D eigenvalue weighted by Crippen LogP contribution is 2.41. The maximum Gasteiger partial charge on any atom is 0.336 e. The quantitative estimate of drug-likeness (QED) is 0.417. The fraction of sp³-hybridized carbons (Fsp3) is 0.385. The number of rotatable bonds is 9. The Hall–Kier alpha value is -3.03. The van der Waals surface area contributed by atoms with E-state index in [1.54, 1.807) is 32.0 Å². The Kier molecular flexibility index (Phi) is 8.58. The Morgan fingerprint density at radius 3 is 2.32 bits per heavy atom. The number of nitrogens with one attached hydrogen (secondary N) is 1. The molecule has 3 rings (SSSR count). The fourth-order valence-electron chi connectivity index (χ4n) is 4.24. The van der Waals surface area contributed by atoms with Crippen molar-refractivity contribution < 1.29 is 23.8 Å². The van der Waals surface area contributed by atoms with Crippen LogP contribution in [0.2, 0.25) is 5.02 Å². The molecule has 0 bridgehead atoms. The molecule has 1 N–H and O–H groups in total. The third-order valence-corrected chi connectivity index (χ3v) is 6.23. The summed E-state index contributed by atoms with van der Waals surface area (Å²) < 4.78 is 18.6. The van der Waals surface area contributed by atoms with Crippen molar-refractivity contribution in [3.63, 3.8) is 0 Å². The molecule has 1 aromatic heterocycles. The summed E-state index contributed by atoms with van der Waals surface area (Å²) >= 11 is 6.52. The van der Waals surface area contributed by atoms with Crippen LogP contribution in [0.4, 0.5) is 0 Å². The average molecular weight is 487 g/mol. The van der Waals surface area contributed by atoms with Crippen molar-refractivity contribution in [3.05, 3.63) is 80.9 Å². The highest BCUT2D eigenvalue weighted by Gasteiger charge is 2.39. The Labute approximate surface area is 205 Å². The second-order valence-corrected chi connectivity index (χ2v) is 8.45. The minimum atomic E-state index is -0.756. The molecule has 0 aliphatic carbocycles. The van der Waals surface area contributed by atoms with Gasteiger partial charge in [-0.1, -0.05) is 29.8 Å². The maximum absolute atomic E-state index is 13.2. The van der Waals surface area contributed by atoms with Crippen LogP contribution in [0.25, 0.3) is 0 Å². The van der Waals surface area contributed by atoms with Crippen molar-refractivity contribution in [2.45, 2.75) is 40.2 Å². The van der Waals surface area contributed by atoms with E-state index in [0.717, 1.165) is 11.4 Å². The predicted molar refractivity (Wildman–Crippen MR) is 130 cm³/mol. The zero-order valence-electron chi connectivity index (χ0n) is 20.2. The number of benzene rings is 1. The summed E-state index contributed by atoms with van der Waals surface area (Å²) in [5.74, 6) is -1.84. The van der Waals surface area contributed by atoms with Gasteiger partial charge in [-0.15, -0.1) is 0 Å². The van der Waals surface area contributed by atoms with Crippen molar-refractivity contribution in [2.75, 3.05) is 26.9 Å². The standard InChI is InChI=1S/C26H31ClN2O5/c1-6-34-26(31)24-21(15-33-14-13-29-16(2)11-12-17(29)3)28-18(4)22(25(30)32-5)23(24)19-9-7-8-10-20(19)27/h7-12,23,28H,6,13-15H2,1-5H3. The van der Waals surface area contributed by atoms with E-state index < -0.39 is 17.9 Å². The number of aromatic nitrogens is 1. The smallest absolute Gasteiger partial charge is 0.336 e. The molecule has 1 aromatic carbocycles. The molecule has 0 saturated heterocycles. The Balaban J connectivity index is 1.98. The molecule has 0 amide bonds. The first-order valence-electron chi connectivity index (χ1n) is 11.2. The summed E-state index contributed by atoms with van der Waals surface area (Å²) in [6, 6.07) is 11.3. The number of aryl methyl sites for hydroxylation is 2. The molecule has 1 aliphatic heterocycles. The van der Waals surface area contributed by atoms with Gasteiger partial charge in [-0.3, -0.25) is 0 Å². The number of methoxy groups -OCH3 is 1. The van der Waals surface area contributed by atoms with E-state index in [0.29, 0.717) is 40.7 Å². The van der Waals surface area contributed by atoms with Gasteiger partial charge in [0, 0.05) is 28.7 Å². The van der Waals surface area contributed by atoms with Crippen LogP contribution < -0.4 is 5.32 Å². The van der Waals surface area contributed by atoms with Crippen molar-refractivity contribution in [3.8, 4) is 0 Å². The zero-order valence-corrected chi connectivity index (χ0v) is 21.0. The molecule has 0 saturated carbocycles. The van der Waals surface area contributed by atoms with E-state index in [4.69, 9.17) is 25.8 Å². The third-order valence-electron chi connectivity index (χ3n) is 5.88. The van der Waals surface area contributed by atoms with Gasteiger partial charge in [-0.2, -0.15) is 0 Å². The van der Waals surface area contributed by atoms with Crippen molar-refractivity contribution in [1.29, 1.82) is 0 Å². The van der Waals surface area contributed by atoms with Crippen molar-refractivity contribution in [1.82, 2.24) is 9.88 Å². The van der Waals surface area contributed by atoms with Gasteiger partial charge in [0.15, 0.2) is 0 Å². The van der Waals surface area contributed by atoms with Crippen LogP contribution in [0.15, 0.2) is 58.9 Å². The van der Waals surface area contributed by atoms with Gasteiger partial charge in [0.2, 0.25) is 0 Å². The van der Waals surface area contributed by atoms with Crippen LogP contribution in [0.3, 0.4) is 0 Å². The number of carbonyl (C=O) groups excluding carboxylic acids is 2. The number of dihydropyridines is 1. The SMILES string of the molecule is CCOC(=O)C1=C(COCCn2c(C)ccc2C)NC(C)=C(C(=O)OC)C1c1ccccc1Cl. The topological polar surface area (TPSA) is 78.8 Å². The third kappa shape index (κ3) is 5.37. The molecule has 7 nitrogen and oxygen atoms in total. The number of carbonyl (C=O) groups is 2. The lowest BCUT2D eigenvalue weighted by Crippen LogP contribution is -2.35. The summed E-state index contributed by atoms with van der Waals surface area (Å²) in [5.41, 5.74) is 4.63. The molecule has 0 spiro atoms. The molecular formula is C26H31ClN2O5. The maximum atomic E-state index is 13.2. The number of hydrogen-bond donors (Lipinski definition) is 1. The van der Waals surface area contributed by atoms with E-state index in [1.165, 1.54) is 7.11 Å². The van der Waals surface area contributed by atoms with E-state index >= 15 is 0 Å². The number of allylic oxidation sites excluding steroid dienone is 1. The lowest BCUT2D eigenvalue weighted by molar-refractivity contribution is -0.139. The fourth-order valence-corrected chi connectivity index (χ4v) is 4.49. The second-order valence-electron chi connectivity index (χ2n) is 8.04. The summed E-state index contributed by atoms with van der Waals surface area (Å²) in [4.78, 5) is 26.0. The van der Waals surface area contributed by atoms with E-state index in [9.17, 15) is 9.59 Å². The molecule has 182 valence electrons. The lowest BCUT2D eigenvalue weighted by atomic mass is 9.80. The highest BCUT2D eigenvalue weighted by molar-refractivity contribution is 6.31. The van der Waals surface area contributed by atoms with Crippen LogP contribution in [-0.4, -0.2) is 43.4 Å². The Morgan fingerprint density at radius 2 is 1.71 bits per heavy atom. The van der Waals surface area contributed by atoms with Gasteiger partial charge in [-0.05, 0) is 51.5 Å². The molecule has 8 heteroatoms. The molecule has 1 aliphatic rings. The van der Waals surface area contributed by atoms with Crippen LogP contribution in [-0.2, 0) is 30.3 Å². The van der Waals surface area contributed by atoms with Crippen LogP contribution >= 0.6 is 11.6 Å². The summed E-state index contributed by atoms with van der Waals surface area (Å²) in [6.45, 7) is 9.06. The van der Waals surface area contributed by atoms with Crippen molar-refractivity contribution >= 4 is 23.5 Å². The van der Waals surface area contributed by atoms with E-state index in [2.05, 4.69) is 22.0 Å². The lowest BCUT2D eigenvalue weighted by Gasteiger charge is -2.31. The minimum Gasteiger partial charge on any atom is -0.466 e. The van der Waals surface area contributed by atoms with Crippen LogP contribution in [0, 0.1) is 13.8 Å². The van der Waals surface area contributed by atoms with Crippen LogP contribution in [0.5, 0.6) is 0 Å². The predicted octanol–water partition coefficient (Wildman–Crippen LogP) is 4.43. The number of esters is 2. The van der Waals surface area contributed by atoms with Crippen molar-refractivity contribution in [2.24, 2.45) is 0 Å². The molecule has 1 unspecified atom stereocenters. The zero-order chi connectivity index (χ0) is 24.8. The number of hydrogen-bond acceptors (Lipinski definition) is 6. The molecule has 0 fully saturated rings. The van der Waals surface area contributed by atoms with Gasteiger partial charge in [0.05, 0.1) is 49.7 Å². The largest absolute Gasteiger partial charge is 0.466 e. The number of halogens is 1. The minimum absolute atomic E-state index is 0.139. The summed E-state index contributed by atoms with van der Waals surface area (Å²) in [6.07, 6.45) is 0.